The Morgan fingerprint density at radius 2 is 2.31 bits per heavy atom. The molecule has 0 spiro atoms. The predicted molar refractivity (Wildman–Crippen MR) is 66.1 cm³/mol. The molecule has 0 bridgehead atoms. The van der Waals surface area contributed by atoms with Crippen molar-refractivity contribution < 1.29 is 0 Å². The standard InChI is InChI=1S/C12H20N4/c1-12(2)6-3-4-9(8-12)15-10-5-7-14-11(13)16-10/h5,7,9H,3-4,6,8H2,1-2H3,(H3,13,14,15,16). The van der Waals surface area contributed by atoms with Crippen molar-refractivity contribution in [2.45, 2.75) is 45.6 Å². The topological polar surface area (TPSA) is 63.8 Å². The zero-order valence-electron chi connectivity index (χ0n) is 10.0. The van der Waals surface area contributed by atoms with Crippen LogP contribution in [0.4, 0.5) is 11.8 Å². The molecule has 1 heterocycles. The maximum Gasteiger partial charge on any atom is 0.221 e. The van der Waals surface area contributed by atoms with Gasteiger partial charge in [0, 0.05) is 12.2 Å². The lowest BCUT2D eigenvalue weighted by Crippen LogP contribution is -2.32. The molecule has 1 unspecified atom stereocenters. The van der Waals surface area contributed by atoms with Crippen LogP contribution in [-0.2, 0) is 0 Å². The SMILES string of the molecule is CC1(C)CCCC(Nc2ccnc(N)n2)C1. The summed E-state index contributed by atoms with van der Waals surface area (Å²) in [5, 5.41) is 3.45. The zero-order chi connectivity index (χ0) is 11.6. The molecule has 4 nitrogen and oxygen atoms in total. The molecule has 4 heteroatoms. The number of nitrogens with two attached hydrogens (primary N) is 1. The lowest BCUT2D eigenvalue weighted by atomic mass is 9.75. The third kappa shape index (κ3) is 2.84. The Kier molecular flexibility index (Phi) is 2.99. The smallest absolute Gasteiger partial charge is 0.221 e. The summed E-state index contributed by atoms with van der Waals surface area (Å²) in [5.41, 5.74) is 5.99. The molecule has 1 aromatic rings. The van der Waals surface area contributed by atoms with E-state index in [0.717, 1.165) is 5.82 Å². The monoisotopic (exact) mass is 220 g/mol. The molecule has 0 amide bonds. The largest absolute Gasteiger partial charge is 0.368 e. The van der Waals surface area contributed by atoms with Crippen molar-refractivity contribution >= 4 is 11.8 Å². The average molecular weight is 220 g/mol. The van der Waals surface area contributed by atoms with Crippen LogP contribution >= 0.6 is 0 Å². The Morgan fingerprint density at radius 3 is 3.00 bits per heavy atom. The van der Waals surface area contributed by atoms with Crippen LogP contribution in [0.5, 0.6) is 0 Å². The summed E-state index contributed by atoms with van der Waals surface area (Å²) in [4.78, 5) is 8.06. The van der Waals surface area contributed by atoms with Gasteiger partial charge in [-0.1, -0.05) is 20.3 Å². The molecule has 1 saturated carbocycles. The minimum absolute atomic E-state index is 0.333. The van der Waals surface area contributed by atoms with Gasteiger partial charge in [-0.25, -0.2) is 4.98 Å². The summed E-state index contributed by atoms with van der Waals surface area (Å²) in [6.45, 7) is 4.66. The van der Waals surface area contributed by atoms with Gasteiger partial charge in [-0.2, -0.15) is 4.98 Å². The highest BCUT2D eigenvalue weighted by molar-refractivity contribution is 5.38. The fraction of sp³-hybridized carbons (Fsp3) is 0.667. The van der Waals surface area contributed by atoms with E-state index in [0.29, 0.717) is 17.4 Å². The van der Waals surface area contributed by atoms with E-state index in [1.165, 1.54) is 25.7 Å². The summed E-state index contributed by atoms with van der Waals surface area (Å²) in [6.07, 6.45) is 6.70. The summed E-state index contributed by atoms with van der Waals surface area (Å²) < 4.78 is 0. The predicted octanol–water partition coefficient (Wildman–Crippen LogP) is 2.44. The van der Waals surface area contributed by atoms with Crippen molar-refractivity contribution in [2.24, 2.45) is 5.41 Å². The van der Waals surface area contributed by atoms with Gasteiger partial charge in [0.2, 0.25) is 5.95 Å². The number of aromatic nitrogens is 2. The molecule has 1 atom stereocenters. The lowest BCUT2D eigenvalue weighted by molar-refractivity contribution is 0.229. The molecular weight excluding hydrogens is 200 g/mol. The molecule has 16 heavy (non-hydrogen) atoms. The van der Waals surface area contributed by atoms with E-state index in [2.05, 4.69) is 29.1 Å². The molecule has 1 aliphatic rings. The van der Waals surface area contributed by atoms with Gasteiger partial charge in [-0.15, -0.1) is 0 Å². The Balaban J connectivity index is 1.99. The summed E-state index contributed by atoms with van der Waals surface area (Å²) in [5.74, 6) is 1.18. The average Bonchev–Trinajstić information content (AvgIpc) is 2.15. The Bertz CT molecular complexity index is 362. The van der Waals surface area contributed by atoms with E-state index in [-0.39, 0.29) is 0 Å². The third-order valence-electron chi connectivity index (χ3n) is 3.23. The normalized spacial score (nSPS) is 24.0. The molecule has 0 radical (unpaired) electrons. The maximum absolute atomic E-state index is 5.55. The Morgan fingerprint density at radius 1 is 1.50 bits per heavy atom. The van der Waals surface area contributed by atoms with E-state index < -0.39 is 0 Å². The van der Waals surface area contributed by atoms with Gasteiger partial charge in [-0.3, -0.25) is 0 Å². The van der Waals surface area contributed by atoms with Crippen LogP contribution in [0.2, 0.25) is 0 Å². The van der Waals surface area contributed by atoms with Crippen molar-refractivity contribution in [2.75, 3.05) is 11.1 Å². The summed E-state index contributed by atoms with van der Waals surface area (Å²) in [7, 11) is 0. The third-order valence-corrected chi connectivity index (χ3v) is 3.23. The first-order valence-corrected chi connectivity index (χ1v) is 5.90. The fourth-order valence-corrected chi connectivity index (χ4v) is 2.48. The molecule has 1 aliphatic carbocycles. The van der Waals surface area contributed by atoms with Gasteiger partial charge < -0.3 is 11.1 Å². The number of nitrogens with one attached hydrogen (secondary N) is 1. The molecule has 2 rings (SSSR count). The minimum atomic E-state index is 0.333. The first kappa shape index (κ1) is 11.2. The van der Waals surface area contributed by atoms with E-state index in [1.54, 1.807) is 6.20 Å². The van der Waals surface area contributed by atoms with E-state index in [1.807, 2.05) is 6.07 Å². The molecule has 1 fully saturated rings. The second kappa shape index (κ2) is 4.28. The summed E-state index contributed by atoms with van der Waals surface area (Å²) >= 11 is 0. The van der Waals surface area contributed by atoms with Crippen LogP contribution in [0.15, 0.2) is 12.3 Å². The number of anilines is 2. The Labute approximate surface area is 96.7 Å². The van der Waals surface area contributed by atoms with Crippen LogP contribution in [0.1, 0.15) is 39.5 Å². The van der Waals surface area contributed by atoms with Crippen molar-refractivity contribution in [3.8, 4) is 0 Å². The molecular formula is C12H20N4. The van der Waals surface area contributed by atoms with Gasteiger partial charge in [0.05, 0.1) is 0 Å². The van der Waals surface area contributed by atoms with Crippen molar-refractivity contribution in [1.29, 1.82) is 0 Å². The van der Waals surface area contributed by atoms with Gasteiger partial charge >= 0.3 is 0 Å². The van der Waals surface area contributed by atoms with Crippen molar-refractivity contribution in [3.63, 3.8) is 0 Å². The molecule has 0 aromatic carbocycles. The number of nitrogens with zero attached hydrogens (tertiary/aromatic N) is 2. The number of rotatable bonds is 2. The molecule has 0 saturated heterocycles. The number of hydrogen-bond donors (Lipinski definition) is 2. The first-order chi connectivity index (χ1) is 7.55. The van der Waals surface area contributed by atoms with Crippen LogP contribution < -0.4 is 11.1 Å². The molecule has 1 aromatic heterocycles. The van der Waals surface area contributed by atoms with Crippen molar-refractivity contribution in [3.05, 3.63) is 12.3 Å². The van der Waals surface area contributed by atoms with E-state index in [9.17, 15) is 0 Å². The number of nitrogen functional groups attached to an aromatic ring is 1. The van der Waals surface area contributed by atoms with Crippen LogP contribution in [0.3, 0.4) is 0 Å². The maximum atomic E-state index is 5.55. The van der Waals surface area contributed by atoms with Gasteiger partial charge in [-0.05, 0) is 30.7 Å². The molecule has 3 N–H and O–H groups in total. The zero-order valence-corrected chi connectivity index (χ0v) is 10.0. The van der Waals surface area contributed by atoms with Crippen LogP contribution in [0, 0.1) is 5.41 Å². The number of hydrogen-bond acceptors (Lipinski definition) is 4. The highest BCUT2D eigenvalue weighted by Crippen LogP contribution is 2.36. The molecule has 88 valence electrons. The Hall–Kier alpha value is -1.32. The van der Waals surface area contributed by atoms with Crippen LogP contribution in [-0.4, -0.2) is 16.0 Å². The highest BCUT2D eigenvalue weighted by atomic mass is 15.1. The van der Waals surface area contributed by atoms with Crippen LogP contribution in [0.25, 0.3) is 0 Å². The minimum Gasteiger partial charge on any atom is -0.368 e. The van der Waals surface area contributed by atoms with E-state index in [4.69, 9.17) is 5.73 Å². The van der Waals surface area contributed by atoms with E-state index >= 15 is 0 Å². The second-order valence-electron chi connectivity index (χ2n) is 5.40. The second-order valence-corrected chi connectivity index (χ2v) is 5.40. The summed E-state index contributed by atoms with van der Waals surface area (Å²) in [6, 6.07) is 2.39. The van der Waals surface area contributed by atoms with Gasteiger partial charge in [0.1, 0.15) is 5.82 Å². The van der Waals surface area contributed by atoms with Crippen molar-refractivity contribution in [1.82, 2.24) is 9.97 Å². The molecule has 0 aliphatic heterocycles. The first-order valence-electron chi connectivity index (χ1n) is 5.90. The fourth-order valence-electron chi connectivity index (χ4n) is 2.48. The van der Waals surface area contributed by atoms with Gasteiger partial charge in [0.15, 0.2) is 0 Å². The highest BCUT2D eigenvalue weighted by Gasteiger charge is 2.27. The van der Waals surface area contributed by atoms with Gasteiger partial charge in [0.25, 0.3) is 0 Å². The quantitative estimate of drug-likeness (QED) is 0.803. The lowest BCUT2D eigenvalue weighted by Gasteiger charge is -2.35.